The number of nitrogens with zero attached hydrogens (tertiary/aromatic N) is 1. The summed E-state index contributed by atoms with van der Waals surface area (Å²) in [5, 5.41) is 0. The smallest absolute Gasteiger partial charge is 0.0537 e. The van der Waals surface area contributed by atoms with Crippen molar-refractivity contribution in [1.82, 2.24) is 0 Å². The number of fused-ring (bicyclic) bond motifs is 4. The van der Waals surface area contributed by atoms with Crippen LogP contribution in [0.2, 0.25) is 0 Å². The predicted molar refractivity (Wildman–Crippen MR) is 150 cm³/mol. The molecule has 4 aromatic rings. The average Bonchev–Trinajstić information content (AvgIpc) is 3.09. The Kier molecular flexibility index (Phi) is 4.89. The minimum Gasteiger partial charge on any atom is -0.316 e. The molecule has 6 rings (SSSR count). The molecule has 0 bridgehead atoms. The van der Waals surface area contributed by atoms with Gasteiger partial charge in [-0.2, -0.15) is 0 Å². The van der Waals surface area contributed by atoms with Gasteiger partial charge in [0.2, 0.25) is 0 Å². The Morgan fingerprint density at radius 2 is 1.46 bits per heavy atom. The zero-order valence-corrected chi connectivity index (χ0v) is 20.5. The van der Waals surface area contributed by atoms with Crippen LogP contribution in [0.4, 0.5) is 11.4 Å². The molecule has 1 heteroatoms. The van der Waals surface area contributed by atoms with Crippen molar-refractivity contribution in [3.8, 4) is 11.1 Å². The van der Waals surface area contributed by atoms with Crippen molar-refractivity contribution in [2.45, 2.75) is 26.2 Å². The SMILES string of the molecule is C=C1/C=C\C(c2ccccc2)=C/N(c2cccc(C)c2)c2cc3c(cc21)-c1ccccc1C3(C)C. The van der Waals surface area contributed by atoms with E-state index < -0.39 is 0 Å². The van der Waals surface area contributed by atoms with Crippen LogP contribution in [0.5, 0.6) is 0 Å². The van der Waals surface area contributed by atoms with Crippen LogP contribution in [-0.2, 0) is 5.41 Å². The van der Waals surface area contributed by atoms with E-state index in [-0.39, 0.29) is 5.41 Å². The van der Waals surface area contributed by atoms with Crippen LogP contribution < -0.4 is 4.90 Å². The summed E-state index contributed by atoms with van der Waals surface area (Å²) < 4.78 is 0. The standard InChI is InChI=1S/C34H29N/c1-23-11-10-14-27(19-23)35-22-26(25-12-6-5-7-13-25)18-17-24(2)29-20-30-28-15-8-9-16-31(28)34(3,4)32(30)21-33(29)35/h5-22H,2H2,1,3-4H3/b18-17-,26-22+. The first-order chi connectivity index (χ1) is 16.9. The minimum absolute atomic E-state index is 0.0647. The van der Waals surface area contributed by atoms with E-state index in [1.54, 1.807) is 0 Å². The molecule has 0 atom stereocenters. The van der Waals surface area contributed by atoms with E-state index >= 15 is 0 Å². The number of aryl methyl sites for hydroxylation is 1. The number of benzene rings is 4. The van der Waals surface area contributed by atoms with E-state index in [0.29, 0.717) is 0 Å². The Labute approximate surface area is 208 Å². The Morgan fingerprint density at radius 1 is 0.686 bits per heavy atom. The molecule has 0 aromatic heterocycles. The Balaban J connectivity index is 1.64. The van der Waals surface area contributed by atoms with Gasteiger partial charge in [-0.3, -0.25) is 0 Å². The molecule has 35 heavy (non-hydrogen) atoms. The van der Waals surface area contributed by atoms with Crippen LogP contribution in [0.15, 0.2) is 116 Å². The van der Waals surface area contributed by atoms with Gasteiger partial charge < -0.3 is 4.90 Å². The lowest BCUT2D eigenvalue weighted by atomic mass is 9.81. The maximum absolute atomic E-state index is 4.51. The number of rotatable bonds is 2. The molecule has 0 saturated heterocycles. The molecule has 0 unspecified atom stereocenters. The lowest BCUT2D eigenvalue weighted by Gasteiger charge is -2.30. The normalized spacial score (nSPS) is 18.0. The first-order valence-electron chi connectivity index (χ1n) is 12.2. The van der Waals surface area contributed by atoms with Crippen LogP contribution in [0, 0.1) is 6.92 Å². The summed E-state index contributed by atoms with van der Waals surface area (Å²) in [6.45, 7) is 11.3. The van der Waals surface area contributed by atoms with Gasteiger partial charge in [0, 0.05) is 22.9 Å². The molecule has 2 aliphatic rings. The third kappa shape index (κ3) is 3.47. The van der Waals surface area contributed by atoms with Crippen molar-refractivity contribution in [2.24, 2.45) is 0 Å². The molecular weight excluding hydrogens is 422 g/mol. The van der Waals surface area contributed by atoms with E-state index in [2.05, 4.69) is 142 Å². The number of hydrogen-bond acceptors (Lipinski definition) is 1. The van der Waals surface area contributed by atoms with E-state index in [1.165, 1.54) is 33.4 Å². The number of allylic oxidation sites excluding steroid dienone is 4. The topological polar surface area (TPSA) is 3.24 Å². The van der Waals surface area contributed by atoms with Crippen LogP contribution in [0.3, 0.4) is 0 Å². The van der Waals surface area contributed by atoms with Crippen LogP contribution in [0.1, 0.15) is 41.7 Å². The Hall–Kier alpha value is -4.10. The zero-order valence-electron chi connectivity index (χ0n) is 20.5. The summed E-state index contributed by atoms with van der Waals surface area (Å²) in [6.07, 6.45) is 6.62. The molecule has 1 nitrogen and oxygen atoms in total. The summed E-state index contributed by atoms with van der Waals surface area (Å²) in [6, 6.07) is 32.9. The third-order valence-electron chi connectivity index (χ3n) is 7.42. The maximum atomic E-state index is 4.51. The lowest BCUT2D eigenvalue weighted by Crippen LogP contribution is -2.18. The van der Waals surface area contributed by atoms with Crippen molar-refractivity contribution in [3.63, 3.8) is 0 Å². The Morgan fingerprint density at radius 3 is 2.26 bits per heavy atom. The Bertz CT molecular complexity index is 1530. The van der Waals surface area contributed by atoms with Gasteiger partial charge in [0.15, 0.2) is 0 Å². The lowest BCUT2D eigenvalue weighted by molar-refractivity contribution is 0.660. The van der Waals surface area contributed by atoms with E-state index in [0.717, 1.165) is 28.1 Å². The number of anilines is 2. The second kappa shape index (κ2) is 7.99. The van der Waals surface area contributed by atoms with Crippen LogP contribution in [0.25, 0.3) is 22.3 Å². The van der Waals surface area contributed by atoms with Crippen molar-refractivity contribution < 1.29 is 0 Å². The van der Waals surface area contributed by atoms with Crippen molar-refractivity contribution in [2.75, 3.05) is 4.90 Å². The summed E-state index contributed by atoms with van der Waals surface area (Å²) in [4.78, 5) is 2.35. The molecule has 0 N–H and O–H groups in total. The summed E-state index contributed by atoms with van der Waals surface area (Å²) in [5.74, 6) is 0. The van der Waals surface area contributed by atoms with Crippen molar-refractivity contribution >= 4 is 22.5 Å². The summed E-state index contributed by atoms with van der Waals surface area (Å²) in [7, 11) is 0. The largest absolute Gasteiger partial charge is 0.316 e. The molecule has 0 saturated carbocycles. The molecule has 4 aromatic carbocycles. The molecule has 0 radical (unpaired) electrons. The number of hydrogen-bond donors (Lipinski definition) is 0. The van der Waals surface area contributed by atoms with Crippen molar-refractivity contribution in [1.29, 1.82) is 0 Å². The quantitative estimate of drug-likeness (QED) is 0.294. The van der Waals surface area contributed by atoms with Gasteiger partial charge in [-0.25, -0.2) is 0 Å². The van der Waals surface area contributed by atoms with Gasteiger partial charge in [0.25, 0.3) is 0 Å². The molecule has 1 aliphatic carbocycles. The highest BCUT2D eigenvalue weighted by Gasteiger charge is 2.36. The molecule has 0 amide bonds. The summed E-state index contributed by atoms with van der Waals surface area (Å²) >= 11 is 0. The fraction of sp³-hybridized carbons (Fsp3) is 0.118. The van der Waals surface area contributed by atoms with E-state index in [4.69, 9.17) is 0 Å². The first kappa shape index (κ1) is 21.4. The maximum Gasteiger partial charge on any atom is 0.0537 e. The highest BCUT2D eigenvalue weighted by molar-refractivity contribution is 5.95. The van der Waals surface area contributed by atoms with Gasteiger partial charge in [0.05, 0.1) is 5.69 Å². The van der Waals surface area contributed by atoms with Gasteiger partial charge in [0.1, 0.15) is 0 Å². The molecule has 1 heterocycles. The third-order valence-corrected chi connectivity index (χ3v) is 7.42. The monoisotopic (exact) mass is 451 g/mol. The summed E-state index contributed by atoms with van der Waals surface area (Å²) in [5.41, 5.74) is 13.4. The molecule has 0 fully saturated rings. The molecule has 0 spiro atoms. The second-order valence-electron chi connectivity index (χ2n) is 10.1. The fourth-order valence-electron chi connectivity index (χ4n) is 5.52. The molecular formula is C34H29N. The molecule has 1 aliphatic heterocycles. The van der Waals surface area contributed by atoms with Gasteiger partial charge in [-0.15, -0.1) is 0 Å². The highest BCUT2D eigenvalue weighted by Crippen LogP contribution is 2.52. The van der Waals surface area contributed by atoms with Gasteiger partial charge in [-0.05, 0) is 75.7 Å². The highest BCUT2D eigenvalue weighted by atomic mass is 15.1. The fourth-order valence-corrected chi connectivity index (χ4v) is 5.52. The van der Waals surface area contributed by atoms with E-state index in [9.17, 15) is 0 Å². The zero-order chi connectivity index (χ0) is 24.2. The second-order valence-corrected chi connectivity index (χ2v) is 10.1. The van der Waals surface area contributed by atoms with Gasteiger partial charge >= 0.3 is 0 Å². The first-order valence-corrected chi connectivity index (χ1v) is 12.2. The average molecular weight is 452 g/mol. The minimum atomic E-state index is -0.0647. The van der Waals surface area contributed by atoms with Crippen LogP contribution in [-0.4, -0.2) is 0 Å². The van der Waals surface area contributed by atoms with E-state index in [1.807, 2.05) is 0 Å². The van der Waals surface area contributed by atoms with Crippen LogP contribution >= 0.6 is 0 Å². The molecule has 170 valence electrons. The van der Waals surface area contributed by atoms with Crippen molar-refractivity contribution in [3.05, 3.63) is 144 Å². The van der Waals surface area contributed by atoms with Gasteiger partial charge in [-0.1, -0.05) is 99.3 Å². The predicted octanol–water partition coefficient (Wildman–Crippen LogP) is 9.06.